The van der Waals surface area contributed by atoms with Crippen LogP contribution in [0.1, 0.15) is 22.4 Å². The standard InChI is InChI=1S/C19H17F3N4/c1-13-5-7-17(14(2)10-13)26-9-3-4-16(26)12-24-25-18-8-6-15(11-23-18)19(20,21)22/h3-12H,1-2H3,(H,23,25)/b24-12-. The van der Waals surface area contributed by atoms with Crippen molar-refractivity contribution in [2.24, 2.45) is 5.10 Å². The van der Waals surface area contributed by atoms with Crippen molar-refractivity contribution in [1.29, 1.82) is 0 Å². The van der Waals surface area contributed by atoms with E-state index in [2.05, 4.69) is 21.6 Å². The molecule has 0 aliphatic rings. The fourth-order valence-electron chi connectivity index (χ4n) is 2.59. The second kappa shape index (κ2) is 7.03. The molecular weight excluding hydrogens is 341 g/mol. The van der Waals surface area contributed by atoms with E-state index in [1.165, 1.54) is 11.6 Å². The number of hydrogen-bond acceptors (Lipinski definition) is 3. The summed E-state index contributed by atoms with van der Waals surface area (Å²) in [7, 11) is 0. The number of pyridine rings is 1. The third-order valence-corrected chi connectivity index (χ3v) is 3.86. The third kappa shape index (κ3) is 3.93. The second-order valence-corrected chi connectivity index (χ2v) is 5.89. The molecule has 0 amide bonds. The van der Waals surface area contributed by atoms with Crippen molar-refractivity contribution < 1.29 is 13.2 Å². The molecule has 0 bridgehead atoms. The predicted octanol–water partition coefficient (Wildman–Crippen LogP) is 4.95. The summed E-state index contributed by atoms with van der Waals surface area (Å²) >= 11 is 0. The summed E-state index contributed by atoms with van der Waals surface area (Å²) in [5, 5.41) is 4.07. The fourth-order valence-corrected chi connectivity index (χ4v) is 2.59. The Labute approximate surface area is 149 Å². The Hall–Kier alpha value is -3.09. The molecule has 0 radical (unpaired) electrons. The van der Waals surface area contributed by atoms with Crippen molar-refractivity contribution in [2.45, 2.75) is 20.0 Å². The Morgan fingerprint density at radius 2 is 1.92 bits per heavy atom. The molecule has 26 heavy (non-hydrogen) atoms. The van der Waals surface area contributed by atoms with Gasteiger partial charge in [-0.05, 0) is 49.7 Å². The molecular formula is C19H17F3N4. The zero-order valence-corrected chi connectivity index (χ0v) is 14.2. The van der Waals surface area contributed by atoms with Gasteiger partial charge in [0.05, 0.1) is 17.5 Å². The van der Waals surface area contributed by atoms with Crippen LogP contribution in [0.3, 0.4) is 0 Å². The highest BCUT2D eigenvalue weighted by molar-refractivity contribution is 5.79. The van der Waals surface area contributed by atoms with Gasteiger partial charge in [0.25, 0.3) is 0 Å². The number of aryl methyl sites for hydroxylation is 2. The van der Waals surface area contributed by atoms with Gasteiger partial charge in [-0.25, -0.2) is 4.98 Å². The summed E-state index contributed by atoms with van der Waals surface area (Å²) < 4.78 is 39.6. The molecule has 7 heteroatoms. The van der Waals surface area contributed by atoms with Gasteiger partial charge in [0, 0.05) is 18.1 Å². The number of benzene rings is 1. The van der Waals surface area contributed by atoms with Crippen molar-refractivity contribution in [2.75, 3.05) is 5.43 Å². The minimum Gasteiger partial charge on any atom is -0.315 e. The maximum Gasteiger partial charge on any atom is 0.417 e. The third-order valence-electron chi connectivity index (χ3n) is 3.86. The Morgan fingerprint density at radius 3 is 2.58 bits per heavy atom. The first-order valence-electron chi connectivity index (χ1n) is 7.92. The van der Waals surface area contributed by atoms with Gasteiger partial charge in [-0.1, -0.05) is 17.7 Å². The van der Waals surface area contributed by atoms with E-state index in [0.717, 1.165) is 29.2 Å². The first-order valence-corrected chi connectivity index (χ1v) is 7.92. The SMILES string of the molecule is Cc1ccc(-n2cccc2/C=N\Nc2ccc(C(F)(F)F)cn2)c(C)c1. The maximum absolute atomic E-state index is 12.5. The lowest BCUT2D eigenvalue weighted by molar-refractivity contribution is -0.137. The molecule has 0 fully saturated rings. The maximum atomic E-state index is 12.5. The number of hydrogen-bond donors (Lipinski definition) is 1. The van der Waals surface area contributed by atoms with Gasteiger partial charge in [-0.15, -0.1) is 0 Å². The van der Waals surface area contributed by atoms with E-state index in [1.807, 2.05) is 48.9 Å². The van der Waals surface area contributed by atoms with E-state index >= 15 is 0 Å². The molecule has 2 heterocycles. The molecule has 1 N–H and O–H groups in total. The van der Waals surface area contributed by atoms with Crippen LogP contribution in [0.15, 0.2) is 60.0 Å². The van der Waals surface area contributed by atoms with Crippen molar-refractivity contribution >= 4 is 12.0 Å². The highest BCUT2D eigenvalue weighted by Gasteiger charge is 2.30. The largest absolute Gasteiger partial charge is 0.417 e. The first kappa shape index (κ1) is 17.7. The molecule has 4 nitrogen and oxygen atoms in total. The summed E-state index contributed by atoms with van der Waals surface area (Å²) in [5.41, 5.74) is 6.03. The van der Waals surface area contributed by atoms with E-state index in [4.69, 9.17) is 0 Å². The molecule has 0 saturated carbocycles. The first-order chi connectivity index (χ1) is 12.3. The predicted molar refractivity (Wildman–Crippen MR) is 95.7 cm³/mol. The summed E-state index contributed by atoms with van der Waals surface area (Å²) in [4.78, 5) is 3.72. The number of alkyl halides is 3. The van der Waals surface area contributed by atoms with Crippen LogP contribution in [0.2, 0.25) is 0 Å². The smallest absolute Gasteiger partial charge is 0.315 e. The normalized spacial score (nSPS) is 11.9. The van der Waals surface area contributed by atoms with Gasteiger partial charge in [0.15, 0.2) is 0 Å². The minimum absolute atomic E-state index is 0.235. The lowest BCUT2D eigenvalue weighted by atomic mass is 10.1. The molecule has 134 valence electrons. The van der Waals surface area contributed by atoms with Crippen LogP contribution in [0.4, 0.5) is 19.0 Å². The molecule has 3 aromatic rings. The number of halogens is 3. The van der Waals surface area contributed by atoms with Crippen LogP contribution in [-0.4, -0.2) is 15.8 Å². The number of anilines is 1. The van der Waals surface area contributed by atoms with Crippen LogP contribution in [0, 0.1) is 13.8 Å². The molecule has 0 aliphatic carbocycles. The molecule has 1 aromatic carbocycles. The van der Waals surface area contributed by atoms with Crippen molar-refractivity contribution in [1.82, 2.24) is 9.55 Å². The fraction of sp³-hybridized carbons (Fsp3) is 0.158. The van der Waals surface area contributed by atoms with E-state index in [1.54, 1.807) is 6.21 Å². The molecule has 0 spiro atoms. The van der Waals surface area contributed by atoms with E-state index in [9.17, 15) is 13.2 Å². The number of hydrazone groups is 1. The van der Waals surface area contributed by atoms with Crippen LogP contribution >= 0.6 is 0 Å². The van der Waals surface area contributed by atoms with Crippen LogP contribution < -0.4 is 5.43 Å². The molecule has 0 saturated heterocycles. The summed E-state index contributed by atoms with van der Waals surface area (Å²) in [6.45, 7) is 4.07. The highest BCUT2D eigenvalue weighted by atomic mass is 19.4. The van der Waals surface area contributed by atoms with Gasteiger partial charge < -0.3 is 4.57 Å². The van der Waals surface area contributed by atoms with Gasteiger partial charge in [0.2, 0.25) is 0 Å². The Kier molecular flexibility index (Phi) is 4.79. The Balaban J connectivity index is 1.75. The lowest BCUT2D eigenvalue weighted by Gasteiger charge is -2.10. The number of nitrogens with one attached hydrogen (secondary N) is 1. The van der Waals surface area contributed by atoms with Crippen molar-refractivity contribution in [3.8, 4) is 5.69 Å². The van der Waals surface area contributed by atoms with Crippen LogP contribution in [0.5, 0.6) is 0 Å². The highest BCUT2D eigenvalue weighted by Crippen LogP contribution is 2.28. The Bertz CT molecular complexity index is 925. The topological polar surface area (TPSA) is 42.2 Å². The van der Waals surface area contributed by atoms with Gasteiger partial charge >= 0.3 is 6.18 Å². The summed E-state index contributed by atoms with van der Waals surface area (Å²) in [5.74, 6) is 0.235. The number of nitrogens with zero attached hydrogens (tertiary/aromatic N) is 3. The summed E-state index contributed by atoms with van der Waals surface area (Å²) in [6.07, 6.45) is -0.105. The van der Waals surface area contributed by atoms with Gasteiger partial charge in [-0.2, -0.15) is 18.3 Å². The second-order valence-electron chi connectivity index (χ2n) is 5.89. The van der Waals surface area contributed by atoms with Crippen molar-refractivity contribution in [3.63, 3.8) is 0 Å². The van der Waals surface area contributed by atoms with Crippen molar-refractivity contribution in [3.05, 3.63) is 77.2 Å². The summed E-state index contributed by atoms with van der Waals surface area (Å²) in [6, 6.07) is 12.2. The number of rotatable bonds is 4. The molecule has 3 rings (SSSR count). The molecule has 0 unspecified atom stereocenters. The van der Waals surface area contributed by atoms with Gasteiger partial charge in [0.1, 0.15) is 5.82 Å². The quantitative estimate of drug-likeness (QED) is 0.529. The molecule has 0 atom stereocenters. The zero-order chi connectivity index (χ0) is 18.7. The van der Waals surface area contributed by atoms with Crippen LogP contribution in [0.25, 0.3) is 5.69 Å². The number of aromatic nitrogens is 2. The Morgan fingerprint density at radius 1 is 1.12 bits per heavy atom. The van der Waals surface area contributed by atoms with E-state index in [0.29, 0.717) is 0 Å². The zero-order valence-electron chi connectivity index (χ0n) is 14.2. The average Bonchev–Trinajstić information content (AvgIpc) is 3.03. The van der Waals surface area contributed by atoms with E-state index in [-0.39, 0.29) is 5.82 Å². The van der Waals surface area contributed by atoms with E-state index < -0.39 is 11.7 Å². The van der Waals surface area contributed by atoms with Gasteiger partial charge in [-0.3, -0.25) is 5.43 Å². The average molecular weight is 358 g/mol. The minimum atomic E-state index is -4.40. The lowest BCUT2D eigenvalue weighted by Crippen LogP contribution is -2.06. The monoisotopic (exact) mass is 358 g/mol. The molecule has 0 aliphatic heterocycles. The molecule has 2 aromatic heterocycles. The van der Waals surface area contributed by atoms with Crippen LogP contribution in [-0.2, 0) is 6.18 Å².